The van der Waals surface area contributed by atoms with Crippen LogP contribution in [-0.2, 0) is 4.74 Å². The van der Waals surface area contributed by atoms with E-state index in [1.54, 1.807) is 6.20 Å². The number of benzene rings is 2. The molecule has 7 heteroatoms. The van der Waals surface area contributed by atoms with Crippen molar-refractivity contribution >= 4 is 6.09 Å². The van der Waals surface area contributed by atoms with Crippen molar-refractivity contribution in [3.63, 3.8) is 0 Å². The highest BCUT2D eigenvalue weighted by molar-refractivity contribution is 5.79. The van der Waals surface area contributed by atoms with Crippen molar-refractivity contribution in [3.05, 3.63) is 77.9 Å². The Balaban J connectivity index is 1.35. The second-order valence-electron chi connectivity index (χ2n) is 6.69. The summed E-state index contributed by atoms with van der Waals surface area (Å²) in [5, 5.41) is 22.5. The van der Waals surface area contributed by atoms with Crippen LogP contribution in [0.1, 0.15) is 29.0 Å². The average Bonchev–Trinajstić information content (AvgIpc) is 3.37. The van der Waals surface area contributed by atoms with Crippen LogP contribution in [0.5, 0.6) is 0 Å². The lowest BCUT2D eigenvalue weighted by molar-refractivity contribution is 0.0138. The monoisotopic (exact) mass is 379 g/mol. The molecule has 0 radical (unpaired) electrons. The van der Waals surface area contributed by atoms with Gasteiger partial charge in [0.1, 0.15) is 24.6 Å². The standard InChI is InChI=1S/C21H21N3O4/c25-18(19(26)20-22-9-10-23-20)11-24-21(27)28-12-17-15-7-3-1-5-13(15)14-6-2-4-8-16(14)17/h1-10,17-19,25-26H,11-12H2,(H,22,23)(H,24,27). The topological polar surface area (TPSA) is 107 Å². The number of aliphatic hydroxyl groups excluding tert-OH is 2. The second kappa shape index (κ2) is 7.84. The van der Waals surface area contributed by atoms with Crippen LogP contribution < -0.4 is 5.32 Å². The van der Waals surface area contributed by atoms with Crippen LogP contribution in [0.3, 0.4) is 0 Å². The summed E-state index contributed by atoms with van der Waals surface area (Å²) >= 11 is 0. The highest BCUT2D eigenvalue weighted by Crippen LogP contribution is 2.44. The van der Waals surface area contributed by atoms with Crippen molar-refractivity contribution < 1.29 is 19.7 Å². The predicted octanol–water partition coefficient (Wildman–Crippen LogP) is 2.34. The molecule has 1 aromatic heterocycles. The number of H-pyrrole nitrogens is 1. The number of hydrogen-bond donors (Lipinski definition) is 4. The van der Waals surface area contributed by atoms with Crippen LogP contribution >= 0.6 is 0 Å². The number of aromatic amines is 1. The first-order chi connectivity index (χ1) is 13.6. The third-order valence-corrected chi connectivity index (χ3v) is 4.96. The first-order valence-corrected chi connectivity index (χ1v) is 9.09. The number of nitrogens with one attached hydrogen (secondary N) is 2. The van der Waals surface area contributed by atoms with Crippen LogP contribution in [-0.4, -0.2) is 45.5 Å². The minimum absolute atomic E-state index is 0.0308. The van der Waals surface area contributed by atoms with E-state index in [-0.39, 0.29) is 24.9 Å². The zero-order valence-corrected chi connectivity index (χ0v) is 15.1. The molecule has 2 unspecified atom stereocenters. The summed E-state index contributed by atoms with van der Waals surface area (Å²) in [4.78, 5) is 18.7. The lowest BCUT2D eigenvalue weighted by atomic mass is 9.98. The third-order valence-electron chi connectivity index (χ3n) is 4.96. The van der Waals surface area contributed by atoms with Crippen molar-refractivity contribution in [2.75, 3.05) is 13.2 Å². The van der Waals surface area contributed by atoms with Gasteiger partial charge in [0, 0.05) is 24.9 Å². The minimum atomic E-state index is -1.22. The molecule has 4 N–H and O–H groups in total. The lowest BCUT2D eigenvalue weighted by Crippen LogP contribution is -2.36. The van der Waals surface area contributed by atoms with Crippen molar-refractivity contribution in [1.29, 1.82) is 0 Å². The van der Waals surface area contributed by atoms with Crippen molar-refractivity contribution in [1.82, 2.24) is 15.3 Å². The van der Waals surface area contributed by atoms with Crippen LogP contribution in [0, 0.1) is 0 Å². The molecule has 0 bridgehead atoms. The number of aromatic nitrogens is 2. The lowest BCUT2D eigenvalue weighted by Gasteiger charge is -2.18. The van der Waals surface area contributed by atoms with E-state index in [0.29, 0.717) is 0 Å². The third kappa shape index (κ3) is 3.49. The maximum Gasteiger partial charge on any atom is 0.407 e. The fraction of sp³-hybridized carbons (Fsp3) is 0.238. The maximum atomic E-state index is 12.1. The van der Waals surface area contributed by atoms with Gasteiger partial charge in [-0.3, -0.25) is 0 Å². The molecule has 0 aliphatic heterocycles. The summed E-state index contributed by atoms with van der Waals surface area (Å²) in [7, 11) is 0. The molecule has 0 saturated carbocycles. The number of nitrogens with zero attached hydrogens (tertiary/aromatic N) is 1. The summed E-state index contributed by atoms with van der Waals surface area (Å²) < 4.78 is 5.39. The number of aliphatic hydroxyl groups is 2. The van der Waals surface area contributed by atoms with E-state index in [1.807, 2.05) is 36.4 Å². The Labute approximate surface area is 162 Å². The fourth-order valence-corrected chi connectivity index (χ4v) is 3.57. The highest BCUT2D eigenvalue weighted by Gasteiger charge is 2.29. The quantitative estimate of drug-likeness (QED) is 0.526. The number of rotatable bonds is 6. The minimum Gasteiger partial charge on any atom is -0.449 e. The van der Waals surface area contributed by atoms with Gasteiger partial charge < -0.3 is 25.3 Å². The average molecular weight is 379 g/mol. The van der Waals surface area contributed by atoms with Crippen molar-refractivity contribution in [3.8, 4) is 11.1 Å². The van der Waals surface area contributed by atoms with Crippen LogP contribution in [0.15, 0.2) is 60.9 Å². The SMILES string of the molecule is O=C(NCC(O)C(O)c1ncc[nH]1)OCC1c2ccccc2-c2ccccc21. The van der Waals surface area contributed by atoms with Gasteiger partial charge in [-0.15, -0.1) is 0 Å². The molecule has 0 spiro atoms. The van der Waals surface area contributed by atoms with Crippen LogP contribution in [0.2, 0.25) is 0 Å². The second-order valence-corrected chi connectivity index (χ2v) is 6.69. The number of ether oxygens (including phenoxy) is 1. The van der Waals surface area contributed by atoms with E-state index in [9.17, 15) is 15.0 Å². The van der Waals surface area contributed by atoms with Crippen molar-refractivity contribution in [2.45, 2.75) is 18.1 Å². The van der Waals surface area contributed by atoms with Gasteiger partial charge in [0.25, 0.3) is 0 Å². The van der Waals surface area contributed by atoms with E-state index >= 15 is 0 Å². The molecule has 3 aromatic rings. The molecular formula is C21H21N3O4. The number of amides is 1. The van der Waals surface area contributed by atoms with E-state index in [2.05, 4.69) is 27.4 Å². The fourth-order valence-electron chi connectivity index (χ4n) is 3.57. The first kappa shape index (κ1) is 18.2. The molecule has 2 aromatic carbocycles. The van der Waals surface area contributed by atoms with Gasteiger partial charge in [-0.25, -0.2) is 9.78 Å². The van der Waals surface area contributed by atoms with Gasteiger partial charge in [0.2, 0.25) is 0 Å². The van der Waals surface area contributed by atoms with Gasteiger partial charge in [0.15, 0.2) is 0 Å². The van der Waals surface area contributed by atoms with Gasteiger partial charge in [-0.2, -0.15) is 0 Å². The number of alkyl carbamates (subject to hydrolysis) is 1. The van der Waals surface area contributed by atoms with E-state index in [1.165, 1.54) is 6.20 Å². The van der Waals surface area contributed by atoms with Gasteiger partial charge in [-0.05, 0) is 22.3 Å². The Morgan fingerprint density at radius 3 is 2.36 bits per heavy atom. The largest absolute Gasteiger partial charge is 0.449 e. The molecule has 1 aliphatic rings. The Bertz CT molecular complexity index is 912. The maximum absolute atomic E-state index is 12.1. The first-order valence-electron chi connectivity index (χ1n) is 9.09. The van der Waals surface area contributed by atoms with E-state index in [0.717, 1.165) is 22.3 Å². The number of carbonyl (C=O) groups is 1. The Hall–Kier alpha value is -3.16. The summed E-state index contributed by atoms with van der Waals surface area (Å²) in [6.07, 6.45) is -0.0443. The molecule has 0 fully saturated rings. The number of imidazole rings is 1. The Morgan fingerprint density at radius 1 is 1.11 bits per heavy atom. The highest BCUT2D eigenvalue weighted by atomic mass is 16.5. The molecule has 4 rings (SSSR count). The number of fused-ring (bicyclic) bond motifs is 3. The normalized spacial score (nSPS) is 14.8. The molecule has 28 heavy (non-hydrogen) atoms. The molecule has 7 nitrogen and oxygen atoms in total. The van der Waals surface area contributed by atoms with Crippen LogP contribution in [0.25, 0.3) is 11.1 Å². The summed E-state index contributed by atoms with van der Waals surface area (Å²) in [5.41, 5.74) is 4.57. The van der Waals surface area contributed by atoms with Gasteiger partial charge in [0.05, 0.1) is 0 Å². The Morgan fingerprint density at radius 2 is 1.75 bits per heavy atom. The molecule has 0 saturated heterocycles. The summed E-state index contributed by atoms with van der Waals surface area (Å²) in [5.74, 6) is 0.207. The van der Waals surface area contributed by atoms with E-state index < -0.39 is 18.3 Å². The van der Waals surface area contributed by atoms with Gasteiger partial charge in [-0.1, -0.05) is 48.5 Å². The molecule has 1 heterocycles. The van der Waals surface area contributed by atoms with Crippen molar-refractivity contribution in [2.24, 2.45) is 0 Å². The molecule has 1 aliphatic carbocycles. The summed E-state index contributed by atoms with van der Waals surface area (Å²) in [6, 6.07) is 16.2. The molecule has 144 valence electrons. The van der Waals surface area contributed by atoms with Gasteiger partial charge >= 0.3 is 6.09 Å². The zero-order valence-electron chi connectivity index (χ0n) is 15.1. The number of hydrogen-bond acceptors (Lipinski definition) is 5. The molecule has 1 amide bonds. The molecule has 2 atom stereocenters. The number of carbonyl (C=O) groups excluding carboxylic acids is 1. The van der Waals surface area contributed by atoms with E-state index in [4.69, 9.17) is 4.74 Å². The zero-order chi connectivity index (χ0) is 19.5. The molecular weight excluding hydrogens is 358 g/mol. The van der Waals surface area contributed by atoms with Crippen LogP contribution in [0.4, 0.5) is 4.79 Å². The summed E-state index contributed by atoms with van der Waals surface area (Å²) in [6.45, 7) is 0.0369. The smallest absolute Gasteiger partial charge is 0.407 e. The predicted molar refractivity (Wildman–Crippen MR) is 103 cm³/mol. The Kier molecular flexibility index (Phi) is 5.10.